The number of rotatable bonds is 3. The SMILES string of the molecule is Cc1ccc(C)c(C(=O)Nc2nnc(-c3cc(C)oc3C)o2)c1. The maximum absolute atomic E-state index is 12.3. The van der Waals surface area contributed by atoms with Crippen molar-refractivity contribution in [2.75, 3.05) is 5.32 Å². The third-order valence-corrected chi connectivity index (χ3v) is 3.55. The van der Waals surface area contributed by atoms with E-state index in [-0.39, 0.29) is 11.9 Å². The van der Waals surface area contributed by atoms with Crippen LogP contribution in [0.3, 0.4) is 0 Å². The Hall–Kier alpha value is -2.89. The molecule has 6 nitrogen and oxygen atoms in total. The van der Waals surface area contributed by atoms with Crippen molar-refractivity contribution in [3.8, 4) is 11.5 Å². The predicted molar refractivity (Wildman–Crippen MR) is 85.3 cm³/mol. The highest BCUT2D eigenvalue weighted by Gasteiger charge is 2.17. The van der Waals surface area contributed by atoms with Crippen molar-refractivity contribution < 1.29 is 13.6 Å². The van der Waals surface area contributed by atoms with Crippen molar-refractivity contribution in [1.82, 2.24) is 10.2 Å². The summed E-state index contributed by atoms with van der Waals surface area (Å²) in [4.78, 5) is 12.3. The lowest BCUT2D eigenvalue weighted by Gasteiger charge is -2.05. The zero-order valence-corrected chi connectivity index (χ0v) is 13.4. The molecule has 2 aromatic heterocycles. The minimum atomic E-state index is -0.276. The number of carbonyl (C=O) groups excluding carboxylic acids is 1. The molecule has 0 unspecified atom stereocenters. The summed E-state index contributed by atoms with van der Waals surface area (Å²) in [5.74, 6) is 1.49. The second-order valence-corrected chi connectivity index (χ2v) is 5.51. The van der Waals surface area contributed by atoms with Gasteiger partial charge in [0.2, 0.25) is 0 Å². The molecule has 0 saturated heterocycles. The molecule has 0 aliphatic heterocycles. The fraction of sp³-hybridized carbons (Fsp3) is 0.235. The molecule has 0 spiro atoms. The van der Waals surface area contributed by atoms with Gasteiger partial charge in [-0.25, -0.2) is 0 Å². The summed E-state index contributed by atoms with van der Waals surface area (Å²) in [6.07, 6.45) is 0. The van der Waals surface area contributed by atoms with E-state index in [1.807, 2.05) is 52.0 Å². The third-order valence-electron chi connectivity index (χ3n) is 3.55. The van der Waals surface area contributed by atoms with Gasteiger partial charge in [0.05, 0.1) is 5.56 Å². The van der Waals surface area contributed by atoms with Crippen LogP contribution in [0.15, 0.2) is 33.1 Å². The monoisotopic (exact) mass is 311 g/mol. The molecule has 3 aromatic rings. The van der Waals surface area contributed by atoms with Crippen molar-refractivity contribution >= 4 is 11.9 Å². The Balaban J connectivity index is 1.83. The molecule has 1 aromatic carbocycles. The van der Waals surface area contributed by atoms with Crippen molar-refractivity contribution in [1.29, 1.82) is 0 Å². The number of amides is 1. The first-order chi connectivity index (χ1) is 10.9. The number of nitrogens with zero attached hydrogens (tertiary/aromatic N) is 2. The van der Waals surface area contributed by atoms with Crippen molar-refractivity contribution in [2.45, 2.75) is 27.7 Å². The van der Waals surface area contributed by atoms with Gasteiger partial charge < -0.3 is 8.83 Å². The molecule has 1 N–H and O–H groups in total. The number of carbonyl (C=O) groups is 1. The topological polar surface area (TPSA) is 81.2 Å². The molecular weight excluding hydrogens is 294 g/mol. The van der Waals surface area contributed by atoms with Crippen LogP contribution in [-0.4, -0.2) is 16.1 Å². The van der Waals surface area contributed by atoms with Gasteiger partial charge in [0.1, 0.15) is 11.5 Å². The van der Waals surface area contributed by atoms with E-state index in [0.29, 0.717) is 17.2 Å². The Morgan fingerprint density at radius 3 is 2.52 bits per heavy atom. The number of aryl methyl sites for hydroxylation is 4. The van der Waals surface area contributed by atoms with Gasteiger partial charge in [-0.05, 0) is 45.4 Å². The van der Waals surface area contributed by atoms with Crippen LogP contribution in [0.25, 0.3) is 11.5 Å². The molecule has 0 fully saturated rings. The Bertz CT molecular complexity index is 877. The molecule has 0 radical (unpaired) electrons. The summed E-state index contributed by atoms with van der Waals surface area (Å²) in [7, 11) is 0. The van der Waals surface area contributed by atoms with Gasteiger partial charge in [-0.3, -0.25) is 10.1 Å². The molecule has 0 aliphatic carbocycles. The summed E-state index contributed by atoms with van der Waals surface area (Å²) in [6.45, 7) is 7.48. The normalized spacial score (nSPS) is 10.8. The highest BCUT2D eigenvalue weighted by atomic mass is 16.4. The van der Waals surface area contributed by atoms with Crippen LogP contribution in [0.4, 0.5) is 6.01 Å². The fourth-order valence-corrected chi connectivity index (χ4v) is 2.37. The van der Waals surface area contributed by atoms with Gasteiger partial charge in [0, 0.05) is 5.56 Å². The molecule has 0 aliphatic rings. The highest BCUT2D eigenvalue weighted by Crippen LogP contribution is 2.26. The van der Waals surface area contributed by atoms with Crippen LogP contribution in [0.1, 0.15) is 33.0 Å². The molecule has 23 heavy (non-hydrogen) atoms. The zero-order valence-electron chi connectivity index (χ0n) is 13.4. The lowest BCUT2D eigenvalue weighted by molar-refractivity contribution is 0.102. The second-order valence-electron chi connectivity index (χ2n) is 5.51. The Morgan fingerprint density at radius 2 is 1.83 bits per heavy atom. The maximum atomic E-state index is 12.3. The maximum Gasteiger partial charge on any atom is 0.322 e. The van der Waals surface area contributed by atoms with E-state index in [4.69, 9.17) is 8.83 Å². The minimum absolute atomic E-state index is 0.0594. The average molecular weight is 311 g/mol. The van der Waals surface area contributed by atoms with Gasteiger partial charge >= 0.3 is 6.01 Å². The number of hydrogen-bond acceptors (Lipinski definition) is 5. The number of nitrogens with one attached hydrogen (secondary N) is 1. The quantitative estimate of drug-likeness (QED) is 0.795. The molecule has 1 amide bonds. The minimum Gasteiger partial charge on any atom is -0.466 e. The largest absolute Gasteiger partial charge is 0.466 e. The summed E-state index contributed by atoms with van der Waals surface area (Å²) >= 11 is 0. The standard InChI is InChI=1S/C17H17N3O3/c1-9-5-6-10(2)13(7-9)15(21)18-17-20-19-16(23-17)14-8-11(3)22-12(14)4/h5-8H,1-4H3,(H,18,20,21). The zero-order chi connectivity index (χ0) is 16.6. The predicted octanol–water partition coefficient (Wildman–Crippen LogP) is 3.82. The molecular formula is C17H17N3O3. The molecule has 6 heteroatoms. The number of aromatic nitrogens is 2. The van der Waals surface area contributed by atoms with Gasteiger partial charge in [0.15, 0.2) is 0 Å². The smallest absolute Gasteiger partial charge is 0.322 e. The van der Waals surface area contributed by atoms with Gasteiger partial charge in [-0.1, -0.05) is 22.8 Å². The van der Waals surface area contributed by atoms with Gasteiger partial charge in [0.25, 0.3) is 11.8 Å². The average Bonchev–Trinajstić information content (AvgIpc) is 3.07. The summed E-state index contributed by atoms with van der Waals surface area (Å²) in [5.41, 5.74) is 3.20. The van der Waals surface area contributed by atoms with E-state index in [9.17, 15) is 4.79 Å². The fourth-order valence-electron chi connectivity index (χ4n) is 2.37. The lowest BCUT2D eigenvalue weighted by atomic mass is 10.1. The van der Waals surface area contributed by atoms with Crippen LogP contribution in [0, 0.1) is 27.7 Å². The van der Waals surface area contributed by atoms with Crippen molar-refractivity contribution in [3.63, 3.8) is 0 Å². The van der Waals surface area contributed by atoms with E-state index in [2.05, 4.69) is 15.5 Å². The first kappa shape index (κ1) is 15.0. The van der Waals surface area contributed by atoms with Gasteiger partial charge in [-0.15, -0.1) is 5.10 Å². The molecule has 118 valence electrons. The van der Waals surface area contributed by atoms with E-state index < -0.39 is 0 Å². The van der Waals surface area contributed by atoms with Crippen LogP contribution in [0.5, 0.6) is 0 Å². The number of furan rings is 1. The molecule has 3 rings (SSSR count). The van der Waals surface area contributed by atoms with E-state index in [0.717, 1.165) is 22.5 Å². The Kier molecular flexibility index (Phi) is 3.73. The Labute approximate surface area is 133 Å². The lowest BCUT2D eigenvalue weighted by Crippen LogP contribution is -2.13. The molecule has 2 heterocycles. The summed E-state index contributed by atoms with van der Waals surface area (Å²) in [5, 5.41) is 10.5. The van der Waals surface area contributed by atoms with Crippen LogP contribution in [-0.2, 0) is 0 Å². The second kappa shape index (κ2) is 5.72. The van der Waals surface area contributed by atoms with E-state index >= 15 is 0 Å². The number of hydrogen-bond donors (Lipinski definition) is 1. The van der Waals surface area contributed by atoms with Crippen molar-refractivity contribution in [3.05, 3.63) is 52.5 Å². The number of benzene rings is 1. The van der Waals surface area contributed by atoms with E-state index in [1.165, 1.54) is 0 Å². The van der Waals surface area contributed by atoms with E-state index in [1.54, 1.807) is 0 Å². The number of anilines is 1. The van der Waals surface area contributed by atoms with Crippen LogP contribution in [0.2, 0.25) is 0 Å². The Morgan fingerprint density at radius 1 is 1.04 bits per heavy atom. The summed E-state index contributed by atoms with van der Waals surface area (Å²) < 4.78 is 11.0. The molecule has 0 atom stereocenters. The molecule has 0 saturated carbocycles. The first-order valence-corrected chi connectivity index (χ1v) is 7.23. The third kappa shape index (κ3) is 3.01. The summed E-state index contributed by atoms with van der Waals surface area (Å²) in [6, 6.07) is 7.57. The molecule has 0 bridgehead atoms. The van der Waals surface area contributed by atoms with Crippen molar-refractivity contribution in [2.24, 2.45) is 0 Å². The van der Waals surface area contributed by atoms with Gasteiger partial charge in [-0.2, -0.15) is 0 Å². The van der Waals surface area contributed by atoms with Crippen LogP contribution >= 0.6 is 0 Å². The first-order valence-electron chi connectivity index (χ1n) is 7.23. The highest BCUT2D eigenvalue weighted by molar-refractivity contribution is 6.04. The van der Waals surface area contributed by atoms with Crippen LogP contribution < -0.4 is 5.32 Å².